The number of hydrogen-bond acceptors (Lipinski definition) is 5. The lowest BCUT2D eigenvalue weighted by Gasteiger charge is -2.32. The number of amides is 2. The first kappa shape index (κ1) is 18.8. The lowest BCUT2D eigenvalue weighted by molar-refractivity contribution is -0.133. The van der Waals surface area contributed by atoms with Crippen LogP contribution in [-0.2, 0) is 9.59 Å². The quantitative estimate of drug-likeness (QED) is 0.876. The molecule has 2 heterocycles. The first-order valence-corrected chi connectivity index (χ1v) is 9.10. The standard InChI is InChI=1S/C20H24N4O3/c1-14-4-3-5-17(12-14)27-20-19(21-8-9-22-20)16-6-10-24(11-7-16)18(26)13-23-15(2)25/h3-5,8-9,12,16H,6-7,10-11,13H2,1-2H3,(H,23,25). The maximum Gasteiger partial charge on any atom is 0.241 e. The molecule has 0 radical (unpaired) electrons. The second-order valence-corrected chi connectivity index (χ2v) is 6.73. The molecule has 1 aromatic heterocycles. The number of likely N-dealkylation sites (tertiary alicyclic amines) is 1. The average Bonchev–Trinajstić information content (AvgIpc) is 2.67. The van der Waals surface area contributed by atoms with E-state index >= 15 is 0 Å². The van der Waals surface area contributed by atoms with E-state index in [1.807, 2.05) is 31.2 Å². The third-order valence-electron chi connectivity index (χ3n) is 4.62. The highest BCUT2D eigenvalue weighted by Crippen LogP contribution is 2.33. The summed E-state index contributed by atoms with van der Waals surface area (Å²) < 4.78 is 5.98. The molecule has 1 aromatic carbocycles. The van der Waals surface area contributed by atoms with Crippen LogP contribution < -0.4 is 10.1 Å². The van der Waals surface area contributed by atoms with Crippen molar-refractivity contribution in [3.63, 3.8) is 0 Å². The SMILES string of the molecule is CC(=O)NCC(=O)N1CCC(c2nccnc2Oc2cccc(C)c2)CC1. The van der Waals surface area contributed by atoms with Crippen LogP contribution in [0.2, 0.25) is 0 Å². The molecule has 1 saturated heterocycles. The van der Waals surface area contributed by atoms with Crippen LogP contribution in [-0.4, -0.2) is 46.3 Å². The van der Waals surface area contributed by atoms with Gasteiger partial charge in [0.15, 0.2) is 0 Å². The Kier molecular flexibility index (Phi) is 6.01. The van der Waals surface area contributed by atoms with Crippen LogP contribution in [0, 0.1) is 6.92 Å². The summed E-state index contributed by atoms with van der Waals surface area (Å²) in [6, 6.07) is 7.81. The van der Waals surface area contributed by atoms with Crippen molar-refractivity contribution in [3.05, 3.63) is 47.9 Å². The van der Waals surface area contributed by atoms with Crippen molar-refractivity contribution in [1.29, 1.82) is 0 Å². The van der Waals surface area contributed by atoms with Gasteiger partial charge in [-0.2, -0.15) is 0 Å². The normalized spacial score (nSPS) is 14.7. The predicted molar refractivity (Wildman–Crippen MR) is 101 cm³/mol. The number of aryl methyl sites for hydroxylation is 1. The summed E-state index contributed by atoms with van der Waals surface area (Å²) in [5.41, 5.74) is 1.94. The third-order valence-corrected chi connectivity index (χ3v) is 4.62. The zero-order valence-corrected chi connectivity index (χ0v) is 15.6. The van der Waals surface area contributed by atoms with E-state index < -0.39 is 0 Å². The van der Waals surface area contributed by atoms with Gasteiger partial charge in [0.1, 0.15) is 11.4 Å². The van der Waals surface area contributed by atoms with Crippen molar-refractivity contribution in [2.75, 3.05) is 19.6 Å². The third kappa shape index (κ3) is 5.03. The Morgan fingerprint density at radius 3 is 2.67 bits per heavy atom. The van der Waals surface area contributed by atoms with Gasteiger partial charge < -0.3 is 15.0 Å². The molecule has 0 saturated carbocycles. The average molecular weight is 368 g/mol. The molecule has 0 aliphatic carbocycles. The number of ether oxygens (including phenoxy) is 1. The highest BCUT2D eigenvalue weighted by Gasteiger charge is 2.27. The van der Waals surface area contributed by atoms with Crippen LogP contribution in [0.3, 0.4) is 0 Å². The lowest BCUT2D eigenvalue weighted by Crippen LogP contribution is -2.43. The smallest absolute Gasteiger partial charge is 0.241 e. The van der Waals surface area contributed by atoms with E-state index in [2.05, 4.69) is 15.3 Å². The molecule has 142 valence electrons. The molecule has 3 rings (SSSR count). The number of carbonyl (C=O) groups is 2. The number of rotatable bonds is 5. The Balaban J connectivity index is 1.64. The van der Waals surface area contributed by atoms with E-state index in [0.717, 1.165) is 29.8 Å². The van der Waals surface area contributed by atoms with Gasteiger partial charge in [0.2, 0.25) is 17.7 Å². The number of nitrogens with one attached hydrogen (secondary N) is 1. The molecule has 2 amide bonds. The zero-order valence-electron chi connectivity index (χ0n) is 15.6. The molecule has 1 aliphatic rings. The molecular weight excluding hydrogens is 344 g/mol. The van der Waals surface area contributed by atoms with Crippen molar-refractivity contribution in [1.82, 2.24) is 20.2 Å². The molecule has 1 aliphatic heterocycles. The van der Waals surface area contributed by atoms with Crippen molar-refractivity contribution in [3.8, 4) is 11.6 Å². The van der Waals surface area contributed by atoms with Gasteiger partial charge in [0.25, 0.3) is 0 Å². The molecule has 27 heavy (non-hydrogen) atoms. The van der Waals surface area contributed by atoms with Gasteiger partial charge in [0, 0.05) is 38.3 Å². The molecule has 2 aromatic rings. The number of piperidine rings is 1. The molecule has 7 nitrogen and oxygen atoms in total. The van der Waals surface area contributed by atoms with Crippen molar-refractivity contribution in [2.45, 2.75) is 32.6 Å². The van der Waals surface area contributed by atoms with E-state index in [4.69, 9.17) is 4.74 Å². The minimum absolute atomic E-state index is 0.0485. The first-order chi connectivity index (χ1) is 13.0. The summed E-state index contributed by atoms with van der Waals surface area (Å²) in [5, 5.41) is 2.55. The minimum Gasteiger partial charge on any atom is -0.437 e. The largest absolute Gasteiger partial charge is 0.437 e. The van der Waals surface area contributed by atoms with Gasteiger partial charge >= 0.3 is 0 Å². The van der Waals surface area contributed by atoms with Crippen LogP contribution in [0.4, 0.5) is 0 Å². The Morgan fingerprint density at radius 1 is 1.22 bits per heavy atom. The Bertz CT molecular complexity index is 816. The summed E-state index contributed by atoms with van der Waals surface area (Å²) in [6.07, 6.45) is 4.87. The summed E-state index contributed by atoms with van der Waals surface area (Å²) in [6.45, 7) is 4.72. The highest BCUT2D eigenvalue weighted by atomic mass is 16.5. The van der Waals surface area contributed by atoms with Gasteiger partial charge in [-0.25, -0.2) is 4.98 Å². The summed E-state index contributed by atoms with van der Waals surface area (Å²) in [5.74, 6) is 1.18. The number of benzene rings is 1. The molecule has 1 N–H and O–H groups in total. The van der Waals surface area contributed by atoms with Crippen LogP contribution in [0.5, 0.6) is 11.6 Å². The van der Waals surface area contributed by atoms with Crippen LogP contribution in [0.15, 0.2) is 36.7 Å². The van der Waals surface area contributed by atoms with Gasteiger partial charge in [-0.05, 0) is 37.5 Å². The van der Waals surface area contributed by atoms with Crippen LogP contribution in [0.25, 0.3) is 0 Å². The van der Waals surface area contributed by atoms with Crippen molar-refractivity contribution >= 4 is 11.8 Å². The zero-order chi connectivity index (χ0) is 19.2. The van der Waals surface area contributed by atoms with E-state index in [1.54, 1.807) is 17.3 Å². The van der Waals surface area contributed by atoms with E-state index in [9.17, 15) is 9.59 Å². The Labute approximate surface area is 158 Å². The fourth-order valence-corrected chi connectivity index (χ4v) is 3.20. The van der Waals surface area contributed by atoms with Crippen LogP contribution in [0.1, 0.15) is 36.9 Å². The topological polar surface area (TPSA) is 84.4 Å². The van der Waals surface area contributed by atoms with E-state index in [-0.39, 0.29) is 24.3 Å². The molecule has 0 atom stereocenters. The highest BCUT2D eigenvalue weighted by molar-refractivity contribution is 5.83. The Hall–Kier alpha value is -2.96. The summed E-state index contributed by atoms with van der Waals surface area (Å²) >= 11 is 0. The van der Waals surface area contributed by atoms with Gasteiger partial charge in [0.05, 0.1) is 6.54 Å². The number of nitrogens with zero attached hydrogens (tertiary/aromatic N) is 3. The van der Waals surface area contributed by atoms with Crippen LogP contribution >= 0.6 is 0 Å². The van der Waals surface area contributed by atoms with Crippen molar-refractivity contribution in [2.24, 2.45) is 0 Å². The second-order valence-electron chi connectivity index (χ2n) is 6.73. The fourth-order valence-electron chi connectivity index (χ4n) is 3.20. The van der Waals surface area contributed by atoms with E-state index in [0.29, 0.717) is 19.0 Å². The molecular formula is C20H24N4O3. The number of hydrogen-bond donors (Lipinski definition) is 1. The molecule has 0 unspecified atom stereocenters. The molecule has 0 bridgehead atoms. The summed E-state index contributed by atoms with van der Waals surface area (Å²) in [4.78, 5) is 33.8. The number of carbonyl (C=O) groups excluding carboxylic acids is 2. The predicted octanol–water partition coefficient (Wildman–Crippen LogP) is 2.42. The van der Waals surface area contributed by atoms with Gasteiger partial charge in [-0.1, -0.05) is 12.1 Å². The lowest BCUT2D eigenvalue weighted by atomic mass is 9.93. The second kappa shape index (κ2) is 8.62. The number of aromatic nitrogens is 2. The van der Waals surface area contributed by atoms with E-state index in [1.165, 1.54) is 6.92 Å². The molecule has 0 spiro atoms. The molecule has 7 heteroatoms. The maximum atomic E-state index is 12.1. The summed E-state index contributed by atoms with van der Waals surface area (Å²) in [7, 11) is 0. The first-order valence-electron chi connectivity index (χ1n) is 9.10. The van der Waals surface area contributed by atoms with Gasteiger partial charge in [-0.3, -0.25) is 14.6 Å². The maximum absolute atomic E-state index is 12.1. The minimum atomic E-state index is -0.198. The van der Waals surface area contributed by atoms with Gasteiger partial charge in [-0.15, -0.1) is 0 Å². The fraction of sp³-hybridized carbons (Fsp3) is 0.400. The Morgan fingerprint density at radius 2 is 1.96 bits per heavy atom. The monoisotopic (exact) mass is 368 g/mol. The molecule has 1 fully saturated rings. The van der Waals surface area contributed by atoms with Crippen molar-refractivity contribution < 1.29 is 14.3 Å².